The molecule has 25 heavy (non-hydrogen) atoms. The van der Waals surface area contributed by atoms with E-state index in [0.717, 1.165) is 21.0 Å². The van der Waals surface area contributed by atoms with Gasteiger partial charge in [-0.1, -0.05) is 17.4 Å². The van der Waals surface area contributed by atoms with Gasteiger partial charge in [0.05, 0.1) is 18.0 Å². The molecule has 0 spiro atoms. The molecule has 0 aliphatic carbocycles. The molecule has 0 aliphatic heterocycles. The lowest BCUT2D eigenvalue weighted by Crippen LogP contribution is -2.04. The Morgan fingerprint density at radius 1 is 1.24 bits per heavy atom. The predicted octanol–water partition coefficient (Wildman–Crippen LogP) is 3.94. The first-order valence-electron chi connectivity index (χ1n) is 8.17. The fourth-order valence-electron chi connectivity index (χ4n) is 2.39. The zero-order valence-electron chi connectivity index (χ0n) is 14.5. The van der Waals surface area contributed by atoms with Crippen LogP contribution in [-0.2, 0) is 16.0 Å². The Balaban J connectivity index is 1.81. The van der Waals surface area contributed by atoms with Crippen molar-refractivity contribution in [1.82, 2.24) is 15.0 Å². The Morgan fingerprint density at radius 2 is 2.08 bits per heavy atom. The molecule has 0 amide bonds. The van der Waals surface area contributed by atoms with Crippen LogP contribution in [0.2, 0.25) is 0 Å². The van der Waals surface area contributed by atoms with Crippen molar-refractivity contribution < 1.29 is 9.53 Å². The van der Waals surface area contributed by atoms with Crippen molar-refractivity contribution in [2.24, 2.45) is 0 Å². The van der Waals surface area contributed by atoms with Crippen LogP contribution in [0.1, 0.15) is 29.5 Å². The third-order valence-electron chi connectivity index (χ3n) is 3.86. The van der Waals surface area contributed by atoms with Crippen LogP contribution in [0.25, 0.3) is 10.3 Å². The van der Waals surface area contributed by atoms with Gasteiger partial charge < -0.3 is 10.1 Å². The number of hydrogen-bond acceptors (Lipinski definition) is 7. The molecule has 0 aliphatic rings. The van der Waals surface area contributed by atoms with Crippen LogP contribution in [0.15, 0.2) is 24.5 Å². The van der Waals surface area contributed by atoms with Crippen molar-refractivity contribution in [3.8, 4) is 0 Å². The SMILES string of the molecule is CCOC(=O)CCc1nc2c(Nc3ccc(C)c(C)c3)ncnc2s1. The van der Waals surface area contributed by atoms with Crippen LogP contribution < -0.4 is 5.32 Å². The molecule has 2 heterocycles. The van der Waals surface area contributed by atoms with Gasteiger partial charge in [0.25, 0.3) is 0 Å². The molecule has 2 aromatic heterocycles. The van der Waals surface area contributed by atoms with Gasteiger partial charge in [-0.3, -0.25) is 4.79 Å². The number of carbonyl (C=O) groups is 1. The van der Waals surface area contributed by atoms with Crippen LogP contribution in [0, 0.1) is 13.8 Å². The Kier molecular flexibility index (Phi) is 5.23. The summed E-state index contributed by atoms with van der Waals surface area (Å²) in [4.78, 5) is 25.5. The molecule has 1 aromatic carbocycles. The highest BCUT2D eigenvalue weighted by Crippen LogP contribution is 2.28. The molecular formula is C18H20N4O2S. The number of carbonyl (C=O) groups excluding carboxylic acids is 1. The number of thiazole rings is 1. The highest BCUT2D eigenvalue weighted by Gasteiger charge is 2.12. The van der Waals surface area contributed by atoms with Gasteiger partial charge in [0.2, 0.25) is 0 Å². The maximum atomic E-state index is 11.5. The molecule has 130 valence electrons. The summed E-state index contributed by atoms with van der Waals surface area (Å²) in [5.74, 6) is 0.466. The van der Waals surface area contributed by atoms with Crippen molar-refractivity contribution in [2.45, 2.75) is 33.6 Å². The number of ether oxygens (including phenoxy) is 1. The first-order chi connectivity index (χ1) is 12.1. The summed E-state index contributed by atoms with van der Waals surface area (Å²) in [6, 6.07) is 6.17. The molecular weight excluding hydrogens is 336 g/mol. The van der Waals surface area contributed by atoms with Crippen LogP contribution in [0.5, 0.6) is 0 Å². The summed E-state index contributed by atoms with van der Waals surface area (Å²) < 4.78 is 4.96. The van der Waals surface area contributed by atoms with Crippen molar-refractivity contribution in [2.75, 3.05) is 11.9 Å². The Morgan fingerprint density at radius 3 is 2.84 bits per heavy atom. The maximum Gasteiger partial charge on any atom is 0.306 e. The lowest BCUT2D eigenvalue weighted by atomic mass is 10.1. The van der Waals surface area contributed by atoms with Crippen molar-refractivity contribution in [3.63, 3.8) is 0 Å². The Bertz CT molecular complexity index is 907. The molecule has 0 saturated heterocycles. The van der Waals surface area contributed by atoms with E-state index in [1.165, 1.54) is 28.8 Å². The molecule has 0 atom stereocenters. The zero-order chi connectivity index (χ0) is 17.8. The van der Waals surface area contributed by atoms with Gasteiger partial charge in [-0.05, 0) is 44.0 Å². The number of rotatable bonds is 6. The largest absolute Gasteiger partial charge is 0.466 e. The molecule has 3 rings (SSSR count). The molecule has 0 unspecified atom stereocenters. The standard InChI is InChI=1S/C18H20N4O2S/c1-4-24-15(23)8-7-14-22-16-17(19-10-20-18(16)25-14)21-13-6-5-11(2)12(3)9-13/h5-6,9-10H,4,7-8H2,1-3H3,(H,19,20,21). The van der Waals surface area contributed by atoms with Gasteiger partial charge in [0.1, 0.15) is 16.7 Å². The quantitative estimate of drug-likeness (QED) is 0.674. The third-order valence-corrected chi connectivity index (χ3v) is 4.88. The minimum Gasteiger partial charge on any atom is -0.466 e. The van der Waals surface area contributed by atoms with E-state index < -0.39 is 0 Å². The third kappa shape index (κ3) is 4.11. The van der Waals surface area contributed by atoms with Crippen molar-refractivity contribution in [3.05, 3.63) is 40.7 Å². The normalized spacial score (nSPS) is 10.8. The van der Waals surface area contributed by atoms with Crippen molar-refractivity contribution >= 4 is 39.2 Å². The molecule has 6 nitrogen and oxygen atoms in total. The molecule has 7 heteroatoms. The van der Waals surface area contributed by atoms with E-state index in [0.29, 0.717) is 25.3 Å². The summed E-state index contributed by atoms with van der Waals surface area (Å²) in [5, 5.41) is 4.17. The minimum absolute atomic E-state index is 0.207. The second kappa shape index (κ2) is 7.57. The van der Waals surface area contributed by atoms with Gasteiger partial charge in [-0.15, -0.1) is 0 Å². The van der Waals surface area contributed by atoms with Gasteiger partial charge in [0.15, 0.2) is 5.82 Å². The molecule has 0 bridgehead atoms. The average Bonchev–Trinajstić information content (AvgIpc) is 3.01. The number of hydrogen-bond donors (Lipinski definition) is 1. The van der Waals surface area contributed by atoms with E-state index in [1.54, 1.807) is 6.92 Å². The summed E-state index contributed by atoms with van der Waals surface area (Å²) in [6.45, 7) is 6.36. The molecule has 1 N–H and O–H groups in total. The van der Waals surface area contributed by atoms with Crippen LogP contribution in [0.3, 0.4) is 0 Å². The first kappa shape index (κ1) is 17.3. The summed E-state index contributed by atoms with van der Waals surface area (Å²) in [5.41, 5.74) is 4.14. The van der Waals surface area contributed by atoms with E-state index in [4.69, 9.17) is 4.74 Å². The topological polar surface area (TPSA) is 77.0 Å². The average molecular weight is 356 g/mol. The van der Waals surface area contributed by atoms with E-state index in [9.17, 15) is 4.79 Å². The summed E-state index contributed by atoms with van der Waals surface area (Å²) in [6.07, 6.45) is 2.39. The second-order valence-electron chi connectivity index (χ2n) is 5.71. The van der Waals surface area contributed by atoms with E-state index in [1.807, 2.05) is 6.07 Å². The highest BCUT2D eigenvalue weighted by atomic mass is 32.1. The van der Waals surface area contributed by atoms with Crippen LogP contribution in [0.4, 0.5) is 11.5 Å². The Labute approximate surface area is 150 Å². The summed E-state index contributed by atoms with van der Waals surface area (Å²) in [7, 11) is 0. The zero-order valence-corrected chi connectivity index (χ0v) is 15.3. The summed E-state index contributed by atoms with van der Waals surface area (Å²) >= 11 is 1.48. The molecule has 0 radical (unpaired) electrons. The van der Waals surface area contributed by atoms with Crippen LogP contribution >= 0.6 is 11.3 Å². The number of nitrogens with one attached hydrogen (secondary N) is 1. The number of aromatic nitrogens is 3. The fourth-order valence-corrected chi connectivity index (χ4v) is 3.30. The van der Waals surface area contributed by atoms with Gasteiger partial charge >= 0.3 is 5.97 Å². The number of fused-ring (bicyclic) bond motifs is 1. The highest BCUT2D eigenvalue weighted by molar-refractivity contribution is 7.18. The number of anilines is 2. The number of benzene rings is 1. The van der Waals surface area contributed by atoms with E-state index in [-0.39, 0.29) is 5.97 Å². The molecule has 0 fully saturated rings. The fraction of sp³-hybridized carbons (Fsp3) is 0.333. The number of esters is 1. The maximum absolute atomic E-state index is 11.5. The smallest absolute Gasteiger partial charge is 0.306 e. The minimum atomic E-state index is -0.207. The van der Waals surface area contributed by atoms with Crippen molar-refractivity contribution in [1.29, 1.82) is 0 Å². The molecule has 0 saturated carbocycles. The van der Waals surface area contributed by atoms with Gasteiger partial charge in [-0.2, -0.15) is 0 Å². The van der Waals surface area contributed by atoms with Crippen LogP contribution in [-0.4, -0.2) is 27.5 Å². The van der Waals surface area contributed by atoms with E-state index >= 15 is 0 Å². The van der Waals surface area contributed by atoms with Gasteiger partial charge in [-0.25, -0.2) is 15.0 Å². The molecule has 3 aromatic rings. The lowest BCUT2D eigenvalue weighted by molar-refractivity contribution is -0.143. The van der Waals surface area contributed by atoms with Gasteiger partial charge in [0, 0.05) is 12.1 Å². The first-order valence-corrected chi connectivity index (χ1v) is 8.98. The van der Waals surface area contributed by atoms with E-state index in [2.05, 4.69) is 46.2 Å². The predicted molar refractivity (Wildman–Crippen MR) is 99.4 cm³/mol. The number of nitrogens with zero attached hydrogens (tertiary/aromatic N) is 3. The Hall–Kier alpha value is -2.54. The number of aryl methyl sites for hydroxylation is 3. The lowest BCUT2D eigenvalue weighted by Gasteiger charge is -2.08. The second-order valence-corrected chi connectivity index (χ2v) is 6.77. The monoisotopic (exact) mass is 356 g/mol.